The standard InChI is InChI=1S/C16H21N5O2/c1-10(13(22)20-15-17-9-18-21-15)19-14(23)11-5-7-12(8-6-11)16(2,3)4/h5-10H,1-4H3,(H,19,23)(H2,17,18,20,21,22). The third kappa shape index (κ3) is 4.38. The Kier molecular flexibility index (Phi) is 4.78. The number of aromatic amines is 1. The first-order chi connectivity index (χ1) is 10.8. The van der Waals surface area contributed by atoms with Gasteiger partial charge in [-0.1, -0.05) is 32.9 Å². The minimum absolute atomic E-state index is 0.0270. The average Bonchev–Trinajstić information content (AvgIpc) is 2.99. The fourth-order valence-corrected chi connectivity index (χ4v) is 1.96. The van der Waals surface area contributed by atoms with Crippen LogP contribution in [-0.2, 0) is 10.2 Å². The molecule has 1 heterocycles. The van der Waals surface area contributed by atoms with Crippen molar-refractivity contribution in [2.75, 3.05) is 5.32 Å². The third-order valence-electron chi connectivity index (χ3n) is 3.41. The van der Waals surface area contributed by atoms with Gasteiger partial charge >= 0.3 is 0 Å². The summed E-state index contributed by atoms with van der Waals surface area (Å²) in [5.41, 5.74) is 1.68. The molecule has 0 aliphatic carbocycles. The van der Waals surface area contributed by atoms with Crippen molar-refractivity contribution < 1.29 is 9.59 Å². The van der Waals surface area contributed by atoms with Crippen LogP contribution >= 0.6 is 0 Å². The summed E-state index contributed by atoms with van der Waals surface area (Å²) in [4.78, 5) is 27.9. The molecule has 122 valence electrons. The number of anilines is 1. The van der Waals surface area contributed by atoms with Gasteiger partial charge in [-0.2, -0.15) is 10.1 Å². The van der Waals surface area contributed by atoms with Crippen LogP contribution in [0.1, 0.15) is 43.6 Å². The highest BCUT2D eigenvalue weighted by atomic mass is 16.2. The van der Waals surface area contributed by atoms with Crippen LogP contribution in [0.5, 0.6) is 0 Å². The second kappa shape index (κ2) is 6.60. The number of nitrogens with one attached hydrogen (secondary N) is 3. The Morgan fingerprint density at radius 3 is 2.35 bits per heavy atom. The fraction of sp³-hybridized carbons (Fsp3) is 0.375. The Bertz CT molecular complexity index is 671. The lowest BCUT2D eigenvalue weighted by Crippen LogP contribution is -2.41. The molecule has 1 aromatic heterocycles. The van der Waals surface area contributed by atoms with Gasteiger partial charge in [0.1, 0.15) is 12.4 Å². The number of rotatable bonds is 4. The number of aromatic nitrogens is 3. The van der Waals surface area contributed by atoms with E-state index in [1.165, 1.54) is 6.33 Å². The zero-order chi connectivity index (χ0) is 17.0. The number of benzene rings is 1. The van der Waals surface area contributed by atoms with Crippen LogP contribution in [0.15, 0.2) is 30.6 Å². The van der Waals surface area contributed by atoms with Crippen molar-refractivity contribution in [2.45, 2.75) is 39.2 Å². The van der Waals surface area contributed by atoms with E-state index in [0.29, 0.717) is 5.56 Å². The molecule has 0 saturated heterocycles. The third-order valence-corrected chi connectivity index (χ3v) is 3.41. The van der Waals surface area contributed by atoms with Crippen molar-refractivity contribution in [2.24, 2.45) is 0 Å². The van der Waals surface area contributed by atoms with Crippen molar-refractivity contribution in [1.29, 1.82) is 0 Å². The Morgan fingerprint density at radius 2 is 1.83 bits per heavy atom. The summed E-state index contributed by atoms with van der Waals surface area (Å²) < 4.78 is 0. The number of hydrogen-bond donors (Lipinski definition) is 3. The molecule has 2 amide bonds. The Balaban J connectivity index is 1.96. The van der Waals surface area contributed by atoms with Crippen molar-refractivity contribution in [3.63, 3.8) is 0 Å². The van der Waals surface area contributed by atoms with Crippen molar-refractivity contribution >= 4 is 17.8 Å². The normalized spacial score (nSPS) is 12.5. The Labute approximate surface area is 134 Å². The summed E-state index contributed by atoms with van der Waals surface area (Å²) in [6.45, 7) is 7.93. The molecule has 7 heteroatoms. The smallest absolute Gasteiger partial charge is 0.251 e. The molecule has 1 unspecified atom stereocenters. The van der Waals surface area contributed by atoms with Crippen LogP contribution in [0.2, 0.25) is 0 Å². The molecule has 0 fully saturated rings. The second-order valence-corrected chi connectivity index (χ2v) is 6.35. The van der Waals surface area contributed by atoms with E-state index < -0.39 is 6.04 Å². The van der Waals surface area contributed by atoms with Crippen molar-refractivity contribution in [3.05, 3.63) is 41.7 Å². The SMILES string of the molecule is CC(NC(=O)c1ccc(C(C)(C)C)cc1)C(=O)Nc1ncn[nH]1. The molecule has 1 aromatic carbocycles. The zero-order valence-electron chi connectivity index (χ0n) is 13.7. The van der Waals surface area contributed by atoms with E-state index >= 15 is 0 Å². The molecule has 2 aromatic rings. The van der Waals surface area contributed by atoms with Gasteiger partial charge in [0.2, 0.25) is 11.9 Å². The topological polar surface area (TPSA) is 99.8 Å². The maximum absolute atomic E-state index is 12.2. The first-order valence-electron chi connectivity index (χ1n) is 7.35. The van der Waals surface area contributed by atoms with Gasteiger partial charge in [0.25, 0.3) is 5.91 Å². The molecular formula is C16H21N5O2. The molecule has 0 aliphatic rings. The highest BCUT2D eigenvalue weighted by Crippen LogP contribution is 2.22. The number of H-pyrrole nitrogens is 1. The highest BCUT2D eigenvalue weighted by Gasteiger charge is 2.18. The summed E-state index contributed by atoms with van der Waals surface area (Å²) in [6.07, 6.45) is 1.29. The molecule has 0 bridgehead atoms. The van der Waals surface area contributed by atoms with E-state index in [0.717, 1.165) is 5.56 Å². The summed E-state index contributed by atoms with van der Waals surface area (Å²) >= 11 is 0. The lowest BCUT2D eigenvalue weighted by molar-refractivity contribution is -0.117. The van der Waals surface area contributed by atoms with Gasteiger partial charge in [-0.05, 0) is 30.0 Å². The molecule has 1 atom stereocenters. The van der Waals surface area contributed by atoms with E-state index in [1.807, 2.05) is 12.1 Å². The van der Waals surface area contributed by atoms with Crippen LogP contribution in [0.4, 0.5) is 5.95 Å². The monoisotopic (exact) mass is 315 g/mol. The van der Waals surface area contributed by atoms with Gasteiger partial charge < -0.3 is 5.32 Å². The van der Waals surface area contributed by atoms with Crippen molar-refractivity contribution in [3.8, 4) is 0 Å². The first-order valence-corrected chi connectivity index (χ1v) is 7.35. The van der Waals surface area contributed by atoms with Gasteiger partial charge in [-0.15, -0.1) is 0 Å². The second-order valence-electron chi connectivity index (χ2n) is 6.35. The van der Waals surface area contributed by atoms with Crippen LogP contribution in [0, 0.1) is 0 Å². The highest BCUT2D eigenvalue weighted by molar-refractivity contribution is 6.00. The molecular weight excluding hydrogens is 294 g/mol. The minimum Gasteiger partial charge on any atom is -0.341 e. The van der Waals surface area contributed by atoms with Gasteiger partial charge in [-0.3, -0.25) is 14.9 Å². The molecule has 3 N–H and O–H groups in total. The van der Waals surface area contributed by atoms with E-state index in [-0.39, 0.29) is 23.2 Å². The summed E-state index contributed by atoms with van der Waals surface area (Å²) in [5, 5.41) is 11.3. The van der Waals surface area contributed by atoms with Gasteiger partial charge in [0.05, 0.1) is 0 Å². The van der Waals surface area contributed by atoms with Crippen molar-refractivity contribution in [1.82, 2.24) is 20.5 Å². The van der Waals surface area contributed by atoms with Crippen LogP contribution in [0.25, 0.3) is 0 Å². The maximum atomic E-state index is 12.2. The number of amides is 2. The summed E-state index contributed by atoms with van der Waals surface area (Å²) in [6, 6.07) is 6.67. The molecule has 0 radical (unpaired) electrons. The number of carbonyl (C=O) groups is 2. The summed E-state index contributed by atoms with van der Waals surface area (Å²) in [7, 11) is 0. The minimum atomic E-state index is -0.699. The molecule has 2 rings (SSSR count). The summed E-state index contributed by atoms with van der Waals surface area (Å²) in [5.74, 6) is -0.433. The van der Waals surface area contributed by atoms with Crippen LogP contribution in [-0.4, -0.2) is 33.0 Å². The van der Waals surface area contributed by atoms with E-state index in [4.69, 9.17) is 0 Å². The molecule has 0 aliphatic heterocycles. The number of nitrogens with zero attached hydrogens (tertiary/aromatic N) is 2. The van der Waals surface area contributed by atoms with E-state index in [9.17, 15) is 9.59 Å². The van der Waals surface area contributed by atoms with Gasteiger partial charge in [0.15, 0.2) is 0 Å². The van der Waals surface area contributed by atoms with Crippen LogP contribution < -0.4 is 10.6 Å². The lowest BCUT2D eigenvalue weighted by atomic mass is 9.86. The first kappa shape index (κ1) is 16.7. The molecule has 0 saturated carbocycles. The predicted molar refractivity (Wildman–Crippen MR) is 87.1 cm³/mol. The van der Waals surface area contributed by atoms with E-state index in [1.54, 1.807) is 19.1 Å². The predicted octanol–water partition coefficient (Wildman–Crippen LogP) is 1.86. The molecule has 7 nitrogen and oxygen atoms in total. The average molecular weight is 315 g/mol. The fourth-order valence-electron chi connectivity index (χ4n) is 1.96. The molecule has 0 spiro atoms. The van der Waals surface area contributed by atoms with Crippen LogP contribution in [0.3, 0.4) is 0 Å². The van der Waals surface area contributed by atoms with E-state index in [2.05, 4.69) is 46.6 Å². The Morgan fingerprint density at radius 1 is 1.17 bits per heavy atom. The number of hydrogen-bond acceptors (Lipinski definition) is 4. The largest absolute Gasteiger partial charge is 0.341 e. The zero-order valence-corrected chi connectivity index (χ0v) is 13.7. The maximum Gasteiger partial charge on any atom is 0.251 e. The number of carbonyl (C=O) groups excluding carboxylic acids is 2. The molecule has 23 heavy (non-hydrogen) atoms. The Hall–Kier alpha value is -2.70. The van der Waals surface area contributed by atoms with Gasteiger partial charge in [-0.25, -0.2) is 5.10 Å². The lowest BCUT2D eigenvalue weighted by Gasteiger charge is -2.19. The quantitative estimate of drug-likeness (QED) is 0.801. The van der Waals surface area contributed by atoms with Gasteiger partial charge in [0, 0.05) is 5.56 Å².